The molecule has 2 atom stereocenters. The third-order valence-corrected chi connectivity index (χ3v) is 4.23. The first-order chi connectivity index (χ1) is 8.78. The third-order valence-electron chi connectivity index (χ3n) is 4.23. The van der Waals surface area contributed by atoms with Crippen molar-refractivity contribution in [3.05, 3.63) is 11.6 Å². The molecule has 0 bridgehead atoms. The van der Waals surface area contributed by atoms with Gasteiger partial charge in [0.05, 0.1) is 12.6 Å². The van der Waals surface area contributed by atoms with Crippen LogP contribution in [0.25, 0.3) is 0 Å². The Morgan fingerprint density at radius 1 is 1.33 bits per heavy atom. The summed E-state index contributed by atoms with van der Waals surface area (Å²) in [7, 11) is 0. The van der Waals surface area contributed by atoms with Gasteiger partial charge in [0, 0.05) is 12.5 Å². The van der Waals surface area contributed by atoms with Crippen LogP contribution in [0.15, 0.2) is 0 Å². The van der Waals surface area contributed by atoms with E-state index in [-0.39, 0.29) is 6.04 Å². The van der Waals surface area contributed by atoms with E-state index >= 15 is 0 Å². The Morgan fingerprint density at radius 2 is 2.22 bits per heavy atom. The maximum absolute atomic E-state index is 5.99. The molecule has 100 valence electrons. The number of likely N-dealkylation sites (tertiary alicyclic amines) is 1. The number of hydrogen-bond donors (Lipinski definition) is 1. The lowest BCUT2D eigenvalue weighted by atomic mass is 10.0. The summed E-state index contributed by atoms with van der Waals surface area (Å²) in [5.74, 6) is 2.16. The van der Waals surface area contributed by atoms with E-state index in [1.54, 1.807) is 0 Å². The standard InChI is InChI=1S/C13H23N5/c1-2-17-8-4-3-5-11(17)13-15-12-7-6-10(14)9-18(12)16-13/h10-11H,2-9,14H2,1H3. The fourth-order valence-corrected chi connectivity index (χ4v) is 3.16. The number of aromatic nitrogens is 3. The van der Waals surface area contributed by atoms with Crippen molar-refractivity contribution >= 4 is 0 Å². The van der Waals surface area contributed by atoms with E-state index in [2.05, 4.69) is 11.8 Å². The summed E-state index contributed by atoms with van der Waals surface area (Å²) >= 11 is 0. The molecule has 3 rings (SSSR count). The van der Waals surface area contributed by atoms with Gasteiger partial charge in [0.15, 0.2) is 5.82 Å². The highest BCUT2D eigenvalue weighted by Gasteiger charge is 2.28. The first-order valence-corrected chi connectivity index (χ1v) is 7.21. The molecule has 3 heterocycles. The van der Waals surface area contributed by atoms with E-state index in [1.807, 2.05) is 4.68 Å². The highest BCUT2D eigenvalue weighted by Crippen LogP contribution is 2.29. The van der Waals surface area contributed by atoms with Crippen LogP contribution in [0.1, 0.15) is 50.3 Å². The third kappa shape index (κ3) is 2.17. The zero-order chi connectivity index (χ0) is 12.5. The Labute approximate surface area is 108 Å². The van der Waals surface area contributed by atoms with Gasteiger partial charge in [0.25, 0.3) is 0 Å². The summed E-state index contributed by atoms with van der Waals surface area (Å²) in [5.41, 5.74) is 5.99. The molecule has 2 aliphatic heterocycles. The summed E-state index contributed by atoms with van der Waals surface area (Å²) in [5, 5.41) is 4.71. The molecule has 18 heavy (non-hydrogen) atoms. The van der Waals surface area contributed by atoms with Crippen molar-refractivity contribution in [2.45, 2.75) is 57.7 Å². The average molecular weight is 249 g/mol. The summed E-state index contributed by atoms with van der Waals surface area (Å²) in [6, 6.07) is 0.679. The molecule has 2 N–H and O–H groups in total. The van der Waals surface area contributed by atoms with Gasteiger partial charge in [0.2, 0.25) is 0 Å². The molecule has 1 aromatic heterocycles. The molecule has 2 unspecified atom stereocenters. The fraction of sp³-hybridized carbons (Fsp3) is 0.846. The normalized spacial score (nSPS) is 29.2. The van der Waals surface area contributed by atoms with Crippen LogP contribution in [0.3, 0.4) is 0 Å². The molecule has 5 nitrogen and oxygen atoms in total. The molecule has 0 amide bonds. The van der Waals surface area contributed by atoms with Crippen molar-refractivity contribution in [3.63, 3.8) is 0 Å². The van der Waals surface area contributed by atoms with Crippen molar-refractivity contribution in [3.8, 4) is 0 Å². The van der Waals surface area contributed by atoms with Gasteiger partial charge in [-0.1, -0.05) is 13.3 Å². The predicted octanol–water partition coefficient (Wildman–Crippen LogP) is 1.10. The highest BCUT2D eigenvalue weighted by molar-refractivity contribution is 5.03. The largest absolute Gasteiger partial charge is 0.326 e. The van der Waals surface area contributed by atoms with Crippen LogP contribution in [0, 0.1) is 0 Å². The van der Waals surface area contributed by atoms with E-state index in [9.17, 15) is 0 Å². The quantitative estimate of drug-likeness (QED) is 0.852. The molecule has 1 aromatic rings. The number of hydrogen-bond acceptors (Lipinski definition) is 4. The van der Waals surface area contributed by atoms with Gasteiger partial charge in [-0.05, 0) is 32.4 Å². The van der Waals surface area contributed by atoms with E-state index in [1.165, 1.54) is 25.8 Å². The second kappa shape index (κ2) is 4.97. The number of aryl methyl sites for hydroxylation is 1. The number of nitrogens with two attached hydrogens (primary N) is 1. The van der Waals surface area contributed by atoms with Gasteiger partial charge < -0.3 is 5.73 Å². The molecule has 0 aliphatic carbocycles. The Balaban J connectivity index is 1.83. The van der Waals surface area contributed by atoms with Crippen LogP contribution in [-0.4, -0.2) is 38.8 Å². The summed E-state index contributed by atoms with van der Waals surface area (Å²) < 4.78 is 2.03. The molecule has 2 aliphatic rings. The lowest BCUT2D eigenvalue weighted by Crippen LogP contribution is -2.34. The van der Waals surface area contributed by atoms with Crippen LogP contribution in [0.4, 0.5) is 0 Å². The highest BCUT2D eigenvalue weighted by atomic mass is 15.4. The summed E-state index contributed by atoms with van der Waals surface area (Å²) in [6.45, 7) is 5.34. The molecule has 0 aromatic carbocycles. The lowest BCUT2D eigenvalue weighted by Gasteiger charge is -2.32. The SMILES string of the molecule is CCN1CCCCC1c1nc2n(n1)CC(N)CC2. The first kappa shape index (κ1) is 12.1. The molecule has 0 saturated carbocycles. The summed E-state index contributed by atoms with van der Waals surface area (Å²) in [6.07, 6.45) is 5.82. The van der Waals surface area contributed by atoms with Crippen LogP contribution in [-0.2, 0) is 13.0 Å². The monoisotopic (exact) mass is 249 g/mol. The van der Waals surface area contributed by atoms with Crippen LogP contribution < -0.4 is 5.73 Å². The Hall–Kier alpha value is -0.940. The van der Waals surface area contributed by atoms with E-state index < -0.39 is 0 Å². The zero-order valence-corrected chi connectivity index (χ0v) is 11.2. The van der Waals surface area contributed by atoms with Crippen molar-refractivity contribution < 1.29 is 0 Å². The minimum Gasteiger partial charge on any atom is -0.326 e. The van der Waals surface area contributed by atoms with E-state index in [0.717, 1.165) is 37.6 Å². The molecule has 0 spiro atoms. The molecular weight excluding hydrogens is 226 g/mol. The molecule has 1 saturated heterocycles. The van der Waals surface area contributed by atoms with Crippen molar-refractivity contribution in [2.24, 2.45) is 5.73 Å². The molecule has 5 heteroatoms. The average Bonchev–Trinajstić information content (AvgIpc) is 2.81. The van der Waals surface area contributed by atoms with E-state index in [4.69, 9.17) is 15.8 Å². The number of rotatable bonds is 2. The maximum Gasteiger partial charge on any atom is 0.168 e. The second-order valence-electron chi connectivity index (χ2n) is 5.51. The summed E-state index contributed by atoms with van der Waals surface area (Å²) in [4.78, 5) is 7.27. The van der Waals surface area contributed by atoms with Crippen LogP contribution in [0.2, 0.25) is 0 Å². The number of fused-ring (bicyclic) bond motifs is 1. The maximum atomic E-state index is 5.99. The van der Waals surface area contributed by atoms with Gasteiger partial charge >= 0.3 is 0 Å². The van der Waals surface area contributed by atoms with Gasteiger partial charge in [0.1, 0.15) is 5.82 Å². The first-order valence-electron chi connectivity index (χ1n) is 7.21. The zero-order valence-electron chi connectivity index (χ0n) is 11.2. The van der Waals surface area contributed by atoms with Gasteiger partial charge in [-0.2, -0.15) is 5.10 Å². The van der Waals surface area contributed by atoms with Gasteiger partial charge in [-0.15, -0.1) is 0 Å². The Morgan fingerprint density at radius 3 is 3.06 bits per heavy atom. The van der Waals surface area contributed by atoms with Crippen LogP contribution in [0.5, 0.6) is 0 Å². The topological polar surface area (TPSA) is 60.0 Å². The van der Waals surface area contributed by atoms with Crippen molar-refractivity contribution in [1.82, 2.24) is 19.7 Å². The number of nitrogens with zero attached hydrogens (tertiary/aromatic N) is 4. The Kier molecular flexibility index (Phi) is 3.35. The molecule has 1 fully saturated rings. The second-order valence-corrected chi connectivity index (χ2v) is 5.51. The van der Waals surface area contributed by atoms with Crippen LogP contribution >= 0.6 is 0 Å². The lowest BCUT2D eigenvalue weighted by molar-refractivity contribution is 0.150. The predicted molar refractivity (Wildman–Crippen MR) is 70.2 cm³/mol. The van der Waals surface area contributed by atoms with Crippen molar-refractivity contribution in [2.75, 3.05) is 13.1 Å². The van der Waals surface area contributed by atoms with Crippen molar-refractivity contribution in [1.29, 1.82) is 0 Å². The Bertz CT molecular complexity index is 414. The molecule has 0 radical (unpaired) electrons. The smallest absolute Gasteiger partial charge is 0.168 e. The minimum atomic E-state index is 0.251. The van der Waals surface area contributed by atoms with Gasteiger partial charge in [-0.3, -0.25) is 4.90 Å². The molecular formula is C13H23N5. The fourth-order valence-electron chi connectivity index (χ4n) is 3.16. The van der Waals surface area contributed by atoms with Gasteiger partial charge in [-0.25, -0.2) is 9.67 Å². The van der Waals surface area contributed by atoms with E-state index in [0.29, 0.717) is 6.04 Å². The number of piperidine rings is 1. The minimum absolute atomic E-state index is 0.251.